The van der Waals surface area contributed by atoms with Crippen molar-refractivity contribution in [1.82, 2.24) is 0 Å². The summed E-state index contributed by atoms with van der Waals surface area (Å²) in [6, 6.07) is 0. The molecule has 11 heavy (non-hydrogen) atoms. The SMILES string of the molecule is CS(=O)(=O)[O][Zn][O]S(C)(=O)=O. The van der Waals surface area contributed by atoms with Crippen LogP contribution in [-0.4, -0.2) is 29.3 Å². The van der Waals surface area contributed by atoms with Gasteiger partial charge in [-0.1, -0.05) is 0 Å². The predicted octanol–water partition coefficient (Wildman–Crippen LogP) is -1.15. The van der Waals surface area contributed by atoms with Crippen LogP contribution in [0.1, 0.15) is 0 Å². The summed E-state index contributed by atoms with van der Waals surface area (Å²) in [6.07, 6.45) is 1.67. The fourth-order valence-electron chi connectivity index (χ4n) is 0.194. The Balaban J connectivity index is 3.79. The Morgan fingerprint density at radius 3 is 1.36 bits per heavy atom. The minimum atomic E-state index is -3.55. The van der Waals surface area contributed by atoms with E-state index in [2.05, 4.69) is 6.02 Å². The molecule has 0 atom stereocenters. The van der Waals surface area contributed by atoms with Crippen LogP contribution < -0.4 is 0 Å². The Labute approximate surface area is 73.5 Å². The molecule has 0 aliphatic heterocycles. The molecule has 0 amide bonds. The first kappa shape index (κ1) is 11.4. The van der Waals surface area contributed by atoms with E-state index < -0.39 is 38.1 Å². The Hall–Kier alpha value is 0.443. The zero-order valence-electron chi connectivity index (χ0n) is 5.97. The van der Waals surface area contributed by atoms with Crippen molar-refractivity contribution in [1.29, 1.82) is 0 Å². The molecule has 64 valence electrons. The Morgan fingerprint density at radius 2 is 1.18 bits per heavy atom. The van der Waals surface area contributed by atoms with E-state index >= 15 is 0 Å². The van der Waals surface area contributed by atoms with Gasteiger partial charge in [0.05, 0.1) is 0 Å². The van der Waals surface area contributed by atoms with Crippen molar-refractivity contribution < 1.29 is 40.7 Å². The molecule has 9 heteroatoms. The minimum absolute atomic E-state index is 0.837. The molecule has 6 nitrogen and oxygen atoms in total. The van der Waals surface area contributed by atoms with E-state index in [9.17, 15) is 16.8 Å². The van der Waals surface area contributed by atoms with Crippen LogP contribution in [0.25, 0.3) is 0 Å². The molecule has 0 aromatic heterocycles. The third kappa shape index (κ3) is 10.4. The van der Waals surface area contributed by atoms with Crippen LogP contribution in [0.2, 0.25) is 0 Å². The van der Waals surface area contributed by atoms with Crippen LogP contribution in [0.4, 0.5) is 0 Å². The molecule has 0 aromatic rings. The van der Waals surface area contributed by atoms with Crippen molar-refractivity contribution in [2.75, 3.05) is 12.5 Å². The standard InChI is InChI=1S/2CH4O3S.Zn/c2*1-5(2,3)4;/h2*1H3,(H,2,3,4);/q;;+2/p-2. The fourth-order valence-corrected chi connectivity index (χ4v) is 3.64. The number of rotatable bonds is 4. The van der Waals surface area contributed by atoms with Gasteiger partial charge in [-0.2, -0.15) is 0 Å². The summed E-state index contributed by atoms with van der Waals surface area (Å²) in [5.74, 6) is 0. The third-order valence-corrected chi connectivity index (χ3v) is 8.17. The first-order valence-corrected chi connectivity index (χ1v) is 8.45. The van der Waals surface area contributed by atoms with Crippen LogP contribution in [0.5, 0.6) is 0 Å². The van der Waals surface area contributed by atoms with Crippen LogP contribution in [0.3, 0.4) is 0 Å². The zero-order valence-corrected chi connectivity index (χ0v) is 10.6. The second-order valence-corrected chi connectivity index (χ2v) is 8.51. The van der Waals surface area contributed by atoms with Crippen molar-refractivity contribution in [3.63, 3.8) is 0 Å². The average molecular weight is 256 g/mol. The molecule has 0 aliphatic rings. The van der Waals surface area contributed by atoms with Gasteiger partial charge >= 0.3 is 73.4 Å². The molecule has 0 bridgehead atoms. The zero-order chi connectivity index (χ0) is 9.12. The third-order valence-electron chi connectivity index (χ3n) is 0.524. The second kappa shape index (κ2) is 3.90. The molecule has 0 radical (unpaired) electrons. The molecule has 0 unspecified atom stereocenters. The summed E-state index contributed by atoms with van der Waals surface area (Å²) in [7, 11) is -7.11. The molecule has 0 saturated carbocycles. The van der Waals surface area contributed by atoms with E-state index in [1.807, 2.05) is 0 Å². The van der Waals surface area contributed by atoms with Gasteiger partial charge in [0.1, 0.15) is 0 Å². The van der Waals surface area contributed by atoms with Gasteiger partial charge in [-0.15, -0.1) is 0 Å². The number of hydrogen-bond donors (Lipinski definition) is 0. The van der Waals surface area contributed by atoms with Crippen molar-refractivity contribution in [3.05, 3.63) is 0 Å². The van der Waals surface area contributed by atoms with E-state index in [1.54, 1.807) is 0 Å². The summed E-state index contributed by atoms with van der Waals surface area (Å²) in [6.45, 7) is 0. The first-order chi connectivity index (χ1) is 4.71. The van der Waals surface area contributed by atoms with Gasteiger partial charge in [0.25, 0.3) is 0 Å². The molecule has 0 fully saturated rings. The monoisotopic (exact) mass is 254 g/mol. The molecule has 0 rings (SSSR count). The predicted molar refractivity (Wildman–Crippen MR) is 31.9 cm³/mol. The molecule has 0 N–H and O–H groups in total. The number of hydrogen-bond acceptors (Lipinski definition) is 6. The molecule has 0 spiro atoms. The summed E-state index contributed by atoms with van der Waals surface area (Å²) < 4.78 is 49.4. The van der Waals surface area contributed by atoms with Crippen LogP contribution in [0, 0.1) is 0 Å². The average Bonchev–Trinajstić information content (AvgIpc) is 1.55. The summed E-state index contributed by atoms with van der Waals surface area (Å²) >= 11 is -2.38. The maximum absolute atomic E-state index is 10.3. The summed E-state index contributed by atoms with van der Waals surface area (Å²) in [5, 5.41) is 0. The van der Waals surface area contributed by atoms with E-state index in [0.29, 0.717) is 0 Å². The summed E-state index contributed by atoms with van der Waals surface area (Å²) in [5.41, 5.74) is 0. The van der Waals surface area contributed by atoms with E-state index in [4.69, 9.17) is 0 Å². The van der Waals surface area contributed by atoms with Gasteiger partial charge in [-0.05, 0) is 0 Å². The normalized spacial score (nSPS) is 12.5. The van der Waals surface area contributed by atoms with Crippen molar-refractivity contribution >= 4 is 20.2 Å². The Morgan fingerprint density at radius 1 is 0.909 bits per heavy atom. The fraction of sp³-hybridized carbons (Fsp3) is 1.00. The molecule has 0 aliphatic carbocycles. The van der Waals surface area contributed by atoms with E-state index in [0.717, 1.165) is 12.5 Å². The second-order valence-electron chi connectivity index (χ2n) is 1.76. The van der Waals surface area contributed by atoms with E-state index in [1.165, 1.54) is 0 Å². The maximum atomic E-state index is 10.3. The van der Waals surface area contributed by atoms with Crippen LogP contribution >= 0.6 is 0 Å². The molecular weight excluding hydrogens is 250 g/mol. The van der Waals surface area contributed by atoms with Crippen molar-refractivity contribution in [2.24, 2.45) is 0 Å². The molecule has 0 heterocycles. The quantitative estimate of drug-likeness (QED) is 0.590. The van der Waals surface area contributed by atoms with Crippen LogP contribution in [0.15, 0.2) is 0 Å². The van der Waals surface area contributed by atoms with Gasteiger partial charge in [-0.25, -0.2) is 0 Å². The van der Waals surface area contributed by atoms with Crippen molar-refractivity contribution in [3.8, 4) is 0 Å². The molecule has 0 aromatic carbocycles. The Bertz CT molecular complexity index is 267. The van der Waals surface area contributed by atoms with Gasteiger partial charge in [0, 0.05) is 0 Å². The van der Waals surface area contributed by atoms with Crippen molar-refractivity contribution in [2.45, 2.75) is 0 Å². The molecule has 0 saturated heterocycles. The van der Waals surface area contributed by atoms with Gasteiger partial charge < -0.3 is 0 Å². The summed E-state index contributed by atoms with van der Waals surface area (Å²) in [4.78, 5) is 0. The first-order valence-electron chi connectivity index (χ1n) is 2.39. The van der Waals surface area contributed by atoms with Gasteiger partial charge in [0.15, 0.2) is 0 Å². The topological polar surface area (TPSA) is 86.7 Å². The van der Waals surface area contributed by atoms with Gasteiger partial charge in [-0.3, -0.25) is 0 Å². The Kier molecular flexibility index (Phi) is 4.06. The molecular formula is C2H6O6S2Zn. The van der Waals surface area contributed by atoms with E-state index in [-0.39, 0.29) is 0 Å². The van der Waals surface area contributed by atoms with Crippen LogP contribution in [-0.2, 0) is 44.1 Å². The van der Waals surface area contributed by atoms with Gasteiger partial charge in [0.2, 0.25) is 0 Å².